The number of halogens is 1. The van der Waals surface area contributed by atoms with Gasteiger partial charge in [-0.2, -0.15) is 0 Å². The van der Waals surface area contributed by atoms with E-state index in [9.17, 15) is 0 Å². The van der Waals surface area contributed by atoms with Crippen LogP contribution < -0.4 is 5.32 Å². The third-order valence-corrected chi connectivity index (χ3v) is 3.45. The topological polar surface area (TPSA) is 42.7 Å². The van der Waals surface area contributed by atoms with Gasteiger partial charge in [-0.1, -0.05) is 22.9 Å². The van der Waals surface area contributed by atoms with E-state index in [0.717, 1.165) is 22.8 Å². The van der Waals surface area contributed by atoms with Crippen LogP contribution in [-0.4, -0.2) is 21.0 Å². The molecule has 0 unspecified atom stereocenters. The third kappa shape index (κ3) is 2.40. The molecule has 2 aromatic rings. The Morgan fingerprint density at radius 2 is 2.28 bits per heavy atom. The molecular weight excluding hydrogens is 248 g/mol. The van der Waals surface area contributed by atoms with Gasteiger partial charge in [-0.15, -0.1) is 5.10 Å². The van der Waals surface area contributed by atoms with Gasteiger partial charge in [0.1, 0.15) is 0 Å². The van der Waals surface area contributed by atoms with E-state index in [-0.39, 0.29) is 0 Å². The van der Waals surface area contributed by atoms with E-state index in [0.29, 0.717) is 6.04 Å². The predicted molar refractivity (Wildman–Crippen MR) is 71.3 cm³/mol. The molecule has 4 nitrogen and oxygen atoms in total. The number of hydrogen-bond donors (Lipinski definition) is 1. The molecule has 1 fully saturated rings. The molecule has 0 saturated heterocycles. The highest BCUT2D eigenvalue weighted by Crippen LogP contribution is 2.27. The molecule has 1 aromatic heterocycles. The highest BCUT2D eigenvalue weighted by atomic mass is 35.5. The summed E-state index contributed by atoms with van der Waals surface area (Å²) in [5.74, 6) is 0. The van der Waals surface area contributed by atoms with Gasteiger partial charge >= 0.3 is 0 Å². The molecule has 1 aliphatic carbocycles. The first-order valence-corrected chi connectivity index (χ1v) is 6.48. The maximum Gasteiger partial charge on any atom is 0.0885 e. The second kappa shape index (κ2) is 4.71. The highest BCUT2D eigenvalue weighted by molar-refractivity contribution is 6.30. The molecule has 1 aliphatic rings. The van der Waals surface area contributed by atoms with Crippen LogP contribution in [0.15, 0.2) is 24.4 Å². The molecule has 1 aromatic carbocycles. The first-order chi connectivity index (χ1) is 8.74. The lowest BCUT2D eigenvalue weighted by Gasteiger charge is -2.10. The first-order valence-electron chi connectivity index (χ1n) is 6.11. The third-order valence-electron chi connectivity index (χ3n) is 3.22. The van der Waals surface area contributed by atoms with E-state index in [1.807, 2.05) is 25.2 Å². The largest absolute Gasteiger partial charge is 0.310 e. The van der Waals surface area contributed by atoms with Crippen LogP contribution in [0.5, 0.6) is 0 Å². The summed E-state index contributed by atoms with van der Waals surface area (Å²) in [5.41, 5.74) is 3.35. The summed E-state index contributed by atoms with van der Waals surface area (Å²) in [6.07, 6.45) is 4.34. The quantitative estimate of drug-likeness (QED) is 0.920. The van der Waals surface area contributed by atoms with Crippen molar-refractivity contribution in [1.82, 2.24) is 20.3 Å². The van der Waals surface area contributed by atoms with E-state index >= 15 is 0 Å². The number of aromatic nitrogens is 3. The fraction of sp³-hybridized carbons (Fsp3) is 0.385. The maximum atomic E-state index is 6.08. The van der Waals surface area contributed by atoms with Crippen molar-refractivity contribution in [2.45, 2.75) is 25.4 Å². The minimum absolute atomic E-state index is 0.682. The van der Waals surface area contributed by atoms with Crippen molar-refractivity contribution in [3.05, 3.63) is 35.0 Å². The SMILES string of the molecule is Cn1nncc1-c1ccc(Cl)cc1CNC1CC1. The summed E-state index contributed by atoms with van der Waals surface area (Å²) < 4.78 is 1.78. The van der Waals surface area contributed by atoms with Gasteiger partial charge in [0.05, 0.1) is 11.9 Å². The smallest absolute Gasteiger partial charge is 0.0885 e. The molecule has 0 radical (unpaired) electrons. The van der Waals surface area contributed by atoms with Crippen molar-refractivity contribution in [2.24, 2.45) is 7.05 Å². The standard InChI is InChI=1S/C13H15ClN4/c1-18-13(8-16-17-18)12-5-2-10(14)6-9(12)7-15-11-3-4-11/h2,5-6,8,11,15H,3-4,7H2,1H3. The minimum atomic E-state index is 0.682. The highest BCUT2D eigenvalue weighted by Gasteiger charge is 2.21. The number of nitrogens with one attached hydrogen (secondary N) is 1. The molecule has 94 valence electrons. The van der Waals surface area contributed by atoms with Gasteiger partial charge in [0, 0.05) is 30.2 Å². The molecule has 5 heteroatoms. The molecule has 0 aliphatic heterocycles. The lowest BCUT2D eigenvalue weighted by Crippen LogP contribution is -2.16. The second-order valence-electron chi connectivity index (χ2n) is 4.70. The number of hydrogen-bond acceptors (Lipinski definition) is 3. The van der Waals surface area contributed by atoms with Crippen LogP contribution in [0.3, 0.4) is 0 Å². The van der Waals surface area contributed by atoms with Gasteiger partial charge in [-0.25, -0.2) is 4.68 Å². The molecule has 18 heavy (non-hydrogen) atoms. The van der Waals surface area contributed by atoms with E-state index in [4.69, 9.17) is 11.6 Å². The molecule has 3 rings (SSSR count). The van der Waals surface area contributed by atoms with Crippen molar-refractivity contribution < 1.29 is 0 Å². The molecule has 0 atom stereocenters. The van der Waals surface area contributed by atoms with Crippen molar-refractivity contribution in [3.8, 4) is 11.3 Å². The van der Waals surface area contributed by atoms with Crippen molar-refractivity contribution in [1.29, 1.82) is 0 Å². The van der Waals surface area contributed by atoms with Crippen LogP contribution in [0.2, 0.25) is 5.02 Å². The Morgan fingerprint density at radius 1 is 1.44 bits per heavy atom. The number of benzene rings is 1. The molecule has 0 bridgehead atoms. The fourth-order valence-electron chi connectivity index (χ4n) is 2.03. The van der Waals surface area contributed by atoms with Crippen LogP contribution in [0, 0.1) is 0 Å². The lowest BCUT2D eigenvalue weighted by molar-refractivity contribution is 0.686. The summed E-state index contributed by atoms with van der Waals surface area (Å²) in [5, 5.41) is 12.2. The molecular formula is C13H15ClN4. The average Bonchev–Trinajstić information content (AvgIpc) is 3.09. The van der Waals surface area contributed by atoms with Crippen LogP contribution in [-0.2, 0) is 13.6 Å². The van der Waals surface area contributed by atoms with Gasteiger partial charge in [0.25, 0.3) is 0 Å². The zero-order valence-electron chi connectivity index (χ0n) is 10.2. The summed E-state index contributed by atoms with van der Waals surface area (Å²) in [6, 6.07) is 6.64. The van der Waals surface area contributed by atoms with E-state index < -0.39 is 0 Å². The number of aryl methyl sites for hydroxylation is 1. The van der Waals surface area contributed by atoms with Crippen molar-refractivity contribution in [3.63, 3.8) is 0 Å². The van der Waals surface area contributed by atoms with Crippen LogP contribution in [0.25, 0.3) is 11.3 Å². The van der Waals surface area contributed by atoms with Crippen LogP contribution in [0.1, 0.15) is 18.4 Å². The average molecular weight is 263 g/mol. The van der Waals surface area contributed by atoms with Crippen LogP contribution >= 0.6 is 11.6 Å². The first kappa shape index (κ1) is 11.7. The van der Waals surface area contributed by atoms with Gasteiger partial charge in [-0.3, -0.25) is 0 Å². The summed E-state index contributed by atoms with van der Waals surface area (Å²) in [6.45, 7) is 0.839. The molecule has 0 amide bonds. The Morgan fingerprint density at radius 3 is 2.94 bits per heavy atom. The summed E-state index contributed by atoms with van der Waals surface area (Å²) in [4.78, 5) is 0. The fourth-order valence-corrected chi connectivity index (χ4v) is 2.23. The van der Waals surface area contributed by atoms with E-state index in [1.54, 1.807) is 10.9 Å². The summed E-state index contributed by atoms with van der Waals surface area (Å²) >= 11 is 6.08. The molecule has 1 heterocycles. The Bertz CT molecular complexity index is 560. The second-order valence-corrected chi connectivity index (χ2v) is 5.14. The zero-order valence-corrected chi connectivity index (χ0v) is 11.0. The summed E-state index contributed by atoms with van der Waals surface area (Å²) in [7, 11) is 1.90. The zero-order chi connectivity index (χ0) is 12.5. The van der Waals surface area contributed by atoms with Gasteiger partial charge < -0.3 is 5.32 Å². The molecule has 1 saturated carbocycles. The van der Waals surface area contributed by atoms with Gasteiger partial charge in [0.15, 0.2) is 0 Å². The Kier molecular flexibility index (Phi) is 3.06. The van der Waals surface area contributed by atoms with Crippen LogP contribution in [0.4, 0.5) is 0 Å². The Hall–Kier alpha value is -1.39. The predicted octanol–water partition coefficient (Wildman–Crippen LogP) is 2.39. The molecule has 1 N–H and O–H groups in total. The van der Waals surface area contributed by atoms with Crippen molar-refractivity contribution in [2.75, 3.05) is 0 Å². The minimum Gasteiger partial charge on any atom is -0.310 e. The Labute approximate surface area is 111 Å². The maximum absolute atomic E-state index is 6.08. The molecule has 0 spiro atoms. The van der Waals surface area contributed by atoms with E-state index in [2.05, 4.69) is 15.6 Å². The normalized spacial score (nSPS) is 15.0. The van der Waals surface area contributed by atoms with Gasteiger partial charge in [0.2, 0.25) is 0 Å². The van der Waals surface area contributed by atoms with E-state index in [1.165, 1.54) is 18.4 Å². The lowest BCUT2D eigenvalue weighted by atomic mass is 10.0. The van der Waals surface area contributed by atoms with Gasteiger partial charge in [-0.05, 0) is 30.5 Å². The Balaban J connectivity index is 1.94. The monoisotopic (exact) mass is 262 g/mol. The number of nitrogens with zero attached hydrogens (tertiary/aromatic N) is 3. The number of rotatable bonds is 4. The van der Waals surface area contributed by atoms with Crippen molar-refractivity contribution >= 4 is 11.6 Å².